The lowest BCUT2D eigenvalue weighted by Gasteiger charge is -2.14. The summed E-state index contributed by atoms with van der Waals surface area (Å²) >= 11 is 0. The molecule has 124 valence electrons. The molecule has 1 atom stereocenters. The van der Waals surface area contributed by atoms with Gasteiger partial charge < -0.3 is 14.9 Å². The van der Waals surface area contributed by atoms with Crippen LogP contribution >= 0.6 is 0 Å². The molecular formula is C17H14FNO5. The quantitative estimate of drug-likeness (QED) is 0.899. The molecule has 1 fully saturated rings. The van der Waals surface area contributed by atoms with Gasteiger partial charge in [-0.05, 0) is 35.9 Å². The Morgan fingerprint density at radius 2 is 1.96 bits per heavy atom. The van der Waals surface area contributed by atoms with Crippen LogP contribution in [0.25, 0.3) is 11.1 Å². The van der Waals surface area contributed by atoms with E-state index in [0.29, 0.717) is 16.8 Å². The minimum absolute atomic E-state index is 0.116. The maximum atomic E-state index is 14.4. The van der Waals surface area contributed by atoms with Crippen molar-refractivity contribution in [3.8, 4) is 11.1 Å². The summed E-state index contributed by atoms with van der Waals surface area (Å²) in [5.41, 5.74) is 1.27. The van der Waals surface area contributed by atoms with Gasteiger partial charge in [0.1, 0.15) is 11.9 Å². The summed E-state index contributed by atoms with van der Waals surface area (Å²) in [7, 11) is 0. The molecule has 1 amide bonds. The summed E-state index contributed by atoms with van der Waals surface area (Å²) in [6, 6.07) is 10.1. The summed E-state index contributed by atoms with van der Waals surface area (Å²) in [4.78, 5) is 23.8. The van der Waals surface area contributed by atoms with Crippen LogP contribution in [-0.2, 0) is 4.74 Å². The Kier molecular flexibility index (Phi) is 4.18. The molecule has 2 N–H and O–H groups in total. The Labute approximate surface area is 136 Å². The molecule has 1 saturated heterocycles. The van der Waals surface area contributed by atoms with Crippen LogP contribution < -0.4 is 4.90 Å². The van der Waals surface area contributed by atoms with E-state index < -0.39 is 24.0 Å². The van der Waals surface area contributed by atoms with E-state index in [1.807, 2.05) is 0 Å². The normalized spacial score (nSPS) is 17.0. The average Bonchev–Trinajstić information content (AvgIpc) is 2.96. The summed E-state index contributed by atoms with van der Waals surface area (Å²) in [5.74, 6) is -1.60. The van der Waals surface area contributed by atoms with Crippen molar-refractivity contribution in [3.05, 3.63) is 53.8 Å². The first-order valence-electron chi connectivity index (χ1n) is 7.22. The molecule has 1 heterocycles. The highest BCUT2D eigenvalue weighted by Gasteiger charge is 2.32. The van der Waals surface area contributed by atoms with Gasteiger partial charge >= 0.3 is 12.1 Å². The lowest BCUT2D eigenvalue weighted by Crippen LogP contribution is -2.25. The van der Waals surface area contributed by atoms with Crippen LogP contribution in [0.4, 0.5) is 14.9 Å². The topological polar surface area (TPSA) is 87.1 Å². The highest BCUT2D eigenvalue weighted by Crippen LogP contribution is 2.29. The van der Waals surface area contributed by atoms with E-state index in [9.17, 15) is 14.0 Å². The van der Waals surface area contributed by atoms with Gasteiger partial charge in [0.15, 0.2) is 0 Å². The molecule has 0 bridgehead atoms. The van der Waals surface area contributed by atoms with E-state index in [-0.39, 0.29) is 18.7 Å². The molecule has 0 saturated carbocycles. The SMILES string of the molecule is O=C(O)c1ccc(-c2ccc(N3C[C@H](CO)OC3=O)cc2F)cc1. The van der Waals surface area contributed by atoms with Gasteiger partial charge in [0.05, 0.1) is 24.4 Å². The second kappa shape index (κ2) is 6.29. The van der Waals surface area contributed by atoms with Crippen LogP contribution in [-0.4, -0.2) is 41.5 Å². The van der Waals surface area contributed by atoms with E-state index in [4.69, 9.17) is 14.9 Å². The van der Waals surface area contributed by atoms with Gasteiger partial charge in [-0.3, -0.25) is 4.90 Å². The first kappa shape index (κ1) is 15.9. The molecule has 7 heteroatoms. The first-order valence-corrected chi connectivity index (χ1v) is 7.22. The molecule has 0 unspecified atom stereocenters. The lowest BCUT2D eigenvalue weighted by molar-refractivity contribution is 0.0697. The number of carboxylic acids is 1. The summed E-state index contributed by atoms with van der Waals surface area (Å²) in [5, 5.41) is 17.9. The second-order valence-corrected chi connectivity index (χ2v) is 5.35. The molecule has 0 aliphatic carbocycles. The number of aliphatic hydroxyl groups is 1. The number of halogens is 1. The highest BCUT2D eigenvalue weighted by molar-refractivity contribution is 5.90. The van der Waals surface area contributed by atoms with Gasteiger partial charge in [0.25, 0.3) is 0 Å². The molecule has 0 radical (unpaired) electrons. The molecule has 6 nitrogen and oxygen atoms in total. The number of ether oxygens (including phenoxy) is 1. The number of anilines is 1. The van der Waals surface area contributed by atoms with Crippen LogP contribution in [0, 0.1) is 5.82 Å². The molecule has 0 aromatic heterocycles. The Morgan fingerprint density at radius 1 is 1.25 bits per heavy atom. The largest absolute Gasteiger partial charge is 0.478 e. The summed E-state index contributed by atoms with van der Waals surface area (Å²) < 4.78 is 19.3. The van der Waals surface area contributed by atoms with Gasteiger partial charge in [-0.25, -0.2) is 14.0 Å². The average molecular weight is 331 g/mol. The highest BCUT2D eigenvalue weighted by atomic mass is 19.1. The van der Waals surface area contributed by atoms with Gasteiger partial charge in [-0.15, -0.1) is 0 Å². The van der Waals surface area contributed by atoms with Crippen LogP contribution in [0.1, 0.15) is 10.4 Å². The summed E-state index contributed by atoms with van der Waals surface area (Å²) in [6.07, 6.45) is -1.25. The van der Waals surface area contributed by atoms with Crippen molar-refractivity contribution in [3.63, 3.8) is 0 Å². The molecule has 1 aliphatic rings. The predicted octanol–water partition coefficient (Wildman–Crippen LogP) is 2.51. The number of rotatable bonds is 4. The first-order chi connectivity index (χ1) is 11.5. The van der Waals surface area contributed by atoms with Gasteiger partial charge in [-0.1, -0.05) is 12.1 Å². The molecule has 1 aliphatic heterocycles. The van der Waals surface area contributed by atoms with Crippen molar-refractivity contribution in [2.45, 2.75) is 6.10 Å². The molecular weight excluding hydrogens is 317 g/mol. The Hall–Kier alpha value is -2.93. The fourth-order valence-corrected chi connectivity index (χ4v) is 2.53. The number of aromatic carboxylic acids is 1. The number of carbonyl (C=O) groups excluding carboxylic acids is 1. The van der Waals surface area contributed by atoms with Crippen molar-refractivity contribution < 1.29 is 28.9 Å². The van der Waals surface area contributed by atoms with Gasteiger partial charge in [-0.2, -0.15) is 0 Å². The zero-order chi connectivity index (χ0) is 17.3. The smallest absolute Gasteiger partial charge is 0.414 e. The Balaban J connectivity index is 1.87. The minimum atomic E-state index is -1.05. The van der Waals surface area contributed by atoms with E-state index in [1.165, 1.54) is 41.3 Å². The number of aliphatic hydroxyl groups excluding tert-OH is 1. The maximum Gasteiger partial charge on any atom is 0.414 e. The zero-order valence-corrected chi connectivity index (χ0v) is 12.5. The lowest BCUT2D eigenvalue weighted by atomic mass is 10.0. The molecule has 24 heavy (non-hydrogen) atoms. The van der Waals surface area contributed by atoms with Crippen molar-refractivity contribution >= 4 is 17.7 Å². The van der Waals surface area contributed by atoms with Crippen LogP contribution in [0.2, 0.25) is 0 Å². The molecule has 3 rings (SSSR count). The van der Waals surface area contributed by atoms with Gasteiger partial charge in [0.2, 0.25) is 0 Å². The third kappa shape index (κ3) is 2.93. The number of amides is 1. The molecule has 0 spiro atoms. The third-order valence-corrected chi connectivity index (χ3v) is 3.78. The number of nitrogens with zero attached hydrogens (tertiary/aromatic N) is 1. The Morgan fingerprint density at radius 3 is 2.50 bits per heavy atom. The molecule has 2 aromatic carbocycles. The number of carboxylic acid groups (broad SMARTS) is 1. The number of cyclic esters (lactones) is 1. The monoisotopic (exact) mass is 331 g/mol. The molecule has 2 aromatic rings. The maximum absolute atomic E-state index is 14.4. The van der Waals surface area contributed by atoms with Crippen LogP contribution in [0.5, 0.6) is 0 Å². The van der Waals surface area contributed by atoms with E-state index in [1.54, 1.807) is 6.07 Å². The van der Waals surface area contributed by atoms with E-state index in [2.05, 4.69) is 0 Å². The van der Waals surface area contributed by atoms with Crippen LogP contribution in [0.3, 0.4) is 0 Å². The third-order valence-electron chi connectivity index (χ3n) is 3.78. The van der Waals surface area contributed by atoms with Crippen molar-refractivity contribution in [2.24, 2.45) is 0 Å². The standard InChI is InChI=1S/C17H14FNO5/c18-15-7-12(19-8-13(9-20)24-17(19)23)5-6-14(15)10-1-3-11(4-2-10)16(21)22/h1-7,13,20H,8-9H2,(H,21,22)/t13-/m1/s1. The number of benzene rings is 2. The fraction of sp³-hybridized carbons (Fsp3) is 0.176. The van der Waals surface area contributed by atoms with Crippen molar-refractivity contribution in [1.29, 1.82) is 0 Å². The van der Waals surface area contributed by atoms with Gasteiger partial charge in [0, 0.05) is 5.56 Å². The van der Waals surface area contributed by atoms with E-state index >= 15 is 0 Å². The minimum Gasteiger partial charge on any atom is -0.478 e. The number of hydrogen-bond donors (Lipinski definition) is 2. The van der Waals surface area contributed by atoms with Crippen molar-refractivity contribution in [2.75, 3.05) is 18.1 Å². The fourth-order valence-electron chi connectivity index (χ4n) is 2.53. The number of carbonyl (C=O) groups is 2. The zero-order valence-electron chi connectivity index (χ0n) is 12.5. The summed E-state index contributed by atoms with van der Waals surface area (Å²) in [6.45, 7) is -0.139. The van der Waals surface area contributed by atoms with Crippen LogP contribution in [0.15, 0.2) is 42.5 Å². The number of hydrogen-bond acceptors (Lipinski definition) is 4. The van der Waals surface area contributed by atoms with Crippen molar-refractivity contribution in [1.82, 2.24) is 0 Å². The van der Waals surface area contributed by atoms with E-state index in [0.717, 1.165) is 0 Å². The predicted molar refractivity (Wildman–Crippen MR) is 83.5 cm³/mol. The second-order valence-electron chi connectivity index (χ2n) is 5.35. The Bertz CT molecular complexity index is 790.